The van der Waals surface area contributed by atoms with Gasteiger partial charge in [0.1, 0.15) is 5.41 Å². The van der Waals surface area contributed by atoms with Crippen molar-refractivity contribution in [1.29, 1.82) is 0 Å². The third kappa shape index (κ3) is 2.50. The molecular weight excluding hydrogens is 434 g/mol. The van der Waals surface area contributed by atoms with E-state index in [1.54, 1.807) is 42.5 Å². The van der Waals surface area contributed by atoms with E-state index >= 15 is 0 Å². The summed E-state index contributed by atoms with van der Waals surface area (Å²) in [5.74, 6) is -1.22. The highest BCUT2D eigenvalue weighted by Crippen LogP contribution is 2.60. The van der Waals surface area contributed by atoms with Crippen LogP contribution in [-0.4, -0.2) is 29.4 Å². The number of carbonyl (C=O) groups is 3. The number of para-hydroxylation sites is 1. The fourth-order valence-corrected chi connectivity index (χ4v) is 6.34. The zero-order valence-corrected chi connectivity index (χ0v) is 18.6. The molecule has 3 aromatic rings. The fourth-order valence-electron chi connectivity index (χ4n) is 6.14. The summed E-state index contributed by atoms with van der Waals surface area (Å²) >= 11 is 6.36. The van der Waals surface area contributed by atoms with E-state index in [0.29, 0.717) is 16.1 Å². The van der Waals surface area contributed by atoms with Gasteiger partial charge < -0.3 is 4.90 Å². The van der Waals surface area contributed by atoms with Crippen molar-refractivity contribution in [1.82, 2.24) is 0 Å². The van der Waals surface area contributed by atoms with E-state index in [4.69, 9.17) is 11.6 Å². The first-order chi connectivity index (χ1) is 16.0. The maximum absolute atomic E-state index is 14.2. The molecule has 3 atom stereocenters. The van der Waals surface area contributed by atoms with Crippen LogP contribution in [0.5, 0.6) is 0 Å². The van der Waals surface area contributed by atoms with Crippen molar-refractivity contribution in [3.8, 4) is 0 Å². The number of Topliss-reactive ketones (excluding diaryl/α,β-unsaturated/α-hetero) is 3. The topological polar surface area (TPSA) is 54.5 Å². The van der Waals surface area contributed by atoms with Gasteiger partial charge in [-0.25, -0.2) is 0 Å². The van der Waals surface area contributed by atoms with Gasteiger partial charge in [-0.15, -0.1) is 0 Å². The van der Waals surface area contributed by atoms with Crippen LogP contribution in [0.25, 0.3) is 6.08 Å². The Hall–Kier alpha value is -3.50. The Labute approximate surface area is 196 Å². The Morgan fingerprint density at radius 3 is 2.24 bits per heavy atom. The second-order valence-corrected chi connectivity index (χ2v) is 9.37. The summed E-state index contributed by atoms with van der Waals surface area (Å²) in [6.45, 7) is 1.54. The van der Waals surface area contributed by atoms with Crippen molar-refractivity contribution >= 4 is 40.7 Å². The number of hydrogen-bond acceptors (Lipinski definition) is 4. The molecule has 1 saturated heterocycles. The Bertz CT molecular complexity index is 1360. The van der Waals surface area contributed by atoms with Crippen LogP contribution in [0, 0.1) is 5.41 Å². The number of halogens is 1. The number of rotatable bonds is 2. The first kappa shape index (κ1) is 20.1. The monoisotopic (exact) mass is 453 g/mol. The highest BCUT2D eigenvalue weighted by Gasteiger charge is 2.71. The minimum Gasteiger partial charge on any atom is -0.352 e. The van der Waals surface area contributed by atoms with E-state index < -0.39 is 23.4 Å². The highest BCUT2D eigenvalue weighted by atomic mass is 35.5. The lowest BCUT2D eigenvalue weighted by Gasteiger charge is -2.37. The van der Waals surface area contributed by atoms with E-state index in [0.717, 1.165) is 16.8 Å². The lowest BCUT2D eigenvalue weighted by molar-refractivity contribution is -0.118. The molecule has 1 aliphatic carbocycles. The Morgan fingerprint density at radius 1 is 0.909 bits per heavy atom. The normalized spacial score (nSPS) is 24.1. The smallest absolute Gasteiger partial charge is 0.180 e. The molecule has 3 aromatic carbocycles. The second-order valence-electron chi connectivity index (χ2n) is 8.93. The fraction of sp³-hybridized carbons (Fsp3) is 0.179. The molecule has 0 aromatic heterocycles. The van der Waals surface area contributed by atoms with Gasteiger partial charge >= 0.3 is 0 Å². The van der Waals surface area contributed by atoms with E-state index in [-0.39, 0.29) is 17.3 Å². The lowest BCUT2D eigenvalue weighted by atomic mass is 9.64. The van der Waals surface area contributed by atoms with Crippen molar-refractivity contribution < 1.29 is 14.4 Å². The van der Waals surface area contributed by atoms with Gasteiger partial charge in [0.25, 0.3) is 0 Å². The number of fused-ring (bicyclic) bond motifs is 5. The molecule has 33 heavy (non-hydrogen) atoms. The minimum absolute atomic E-state index is 0.0940. The van der Waals surface area contributed by atoms with Crippen LogP contribution in [0.4, 0.5) is 5.69 Å². The molecule has 0 radical (unpaired) electrons. The van der Waals surface area contributed by atoms with Gasteiger partial charge in [-0.1, -0.05) is 78.4 Å². The highest BCUT2D eigenvalue weighted by molar-refractivity contribution is 6.32. The summed E-state index contributed by atoms with van der Waals surface area (Å²) in [7, 11) is 0. The first-order valence-electron chi connectivity index (χ1n) is 11.0. The molecule has 0 saturated carbocycles. The Morgan fingerprint density at radius 2 is 1.58 bits per heavy atom. The SMILES string of the molecule is CC(=O)[C@H]1[C@H](c2cccc(Cl)c2)C2(C(=O)c3ccccc3C2=O)[C@@H]2C=Cc3ccccc3N21. The summed E-state index contributed by atoms with van der Waals surface area (Å²) in [5.41, 5.74) is 1.92. The van der Waals surface area contributed by atoms with Gasteiger partial charge in [-0.3, -0.25) is 14.4 Å². The van der Waals surface area contributed by atoms with Gasteiger partial charge in [-0.05, 0) is 36.2 Å². The maximum atomic E-state index is 14.2. The Balaban J connectivity index is 1.70. The molecule has 5 heteroatoms. The number of anilines is 1. The molecule has 1 fully saturated rings. The third-order valence-corrected chi connectivity index (χ3v) is 7.57. The maximum Gasteiger partial charge on any atom is 0.180 e. The van der Waals surface area contributed by atoms with E-state index in [9.17, 15) is 14.4 Å². The van der Waals surface area contributed by atoms with Gasteiger partial charge in [0.05, 0.1) is 12.1 Å². The first-order valence-corrected chi connectivity index (χ1v) is 11.3. The summed E-state index contributed by atoms with van der Waals surface area (Å²) in [6, 6.07) is 20.7. The van der Waals surface area contributed by atoms with E-state index in [1.807, 2.05) is 47.4 Å². The van der Waals surface area contributed by atoms with Crippen LogP contribution in [0.1, 0.15) is 44.7 Å². The largest absolute Gasteiger partial charge is 0.352 e. The number of nitrogens with zero attached hydrogens (tertiary/aromatic N) is 1. The van der Waals surface area contributed by atoms with Gasteiger partial charge in [-0.2, -0.15) is 0 Å². The molecule has 0 unspecified atom stereocenters. The van der Waals surface area contributed by atoms with Gasteiger partial charge in [0.2, 0.25) is 0 Å². The van der Waals surface area contributed by atoms with Crippen LogP contribution in [0.3, 0.4) is 0 Å². The van der Waals surface area contributed by atoms with E-state index in [2.05, 4.69) is 0 Å². The molecule has 0 N–H and O–H groups in total. The standard InChI is InChI=1S/C28H20ClNO3/c1-16(31)25-24(18-8-6-9-19(29)15-18)28(26(32)20-10-3-4-11-21(20)27(28)33)23-14-13-17-7-2-5-12-22(17)30(23)25/h2-15,23-25H,1H3/t23-,24-,25-/m0/s1. The summed E-state index contributed by atoms with van der Waals surface area (Å²) in [4.78, 5) is 43.7. The zero-order chi connectivity index (χ0) is 22.9. The lowest BCUT2D eigenvalue weighted by Crippen LogP contribution is -2.48. The average molecular weight is 454 g/mol. The molecule has 6 rings (SSSR count). The number of ketones is 3. The molecule has 162 valence electrons. The minimum atomic E-state index is -1.45. The van der Waals surface area contributed by atoms with Crippen molar-refractivity contribution in [2.75, 3.05) is 4.90 Å². The summed E-state index contributed by atoms with van der Waals surface area (Å²) in [5, 5.41) is 0.501. The molecule has 4 nitrogen and oxygen atoms in total. The molecular formula is C28H20ClNO3. The van der Waals surface area contributed by atoms with E-state index in [1.165, 1.54) is 6.92 Å². The zero-order valence-electron chi connectivity index (χ0n) is 17.9. The van der Waals surface area contributed by atoms with Crippen molar-refractivity contribution in [2.45, 2.75) is 24.9 Å². The van der Waals surface area contributed by atoms with Gasteiger partial charge in [0, 0.05) is 27.8 Å². The number of carbonyl (C=O) groups excluding carboxylic acids is 3. The average Bonchev–Trinajstić information content (AvgIpc) is 3.26. The molecule has 3 aliphatic rings. The predicted octanol–water partition coefficient (Wildman–Crippen LogP) is 5.36. The van der Waals surface area contributed by atoms with Crippen LogP contribution in [0.15, 0.2) is 78.9 Å². The molecule has 0 bridgehead atoms. The van der Waals surface area contributed by atoms with Crippen LogP contribution >= 0.6 is 11.6 Å². The van der Waals surface area contributed by atoms with Crippen LogP contribution < -0.4 is 4.90 Å². The van der Waals surface area contributed by atoms with Crippen molar-refractivity contribution in [2.24, 2.45) is 5.41 Å². The number of hydrogen-bond donors (Lipinski definition) is 0. The van der Waals surface area contributed by atoms with Crippen molar-refractivity contribution in [3.05, 3.63) is 106 Å². The van der Waals surface area contributed by atoms with Crippen LogP contribution in [0.2, 0.25) is 5.02 Å². The van der Waals surface area contributed by atoms with Gasteiger partial charge in [0.15, 0.2) is 17.3 Å². The van der Waals surface area contributed by atoms with Crippen molar-refractivity contribution in [3.63, 3.8) is 0 Å². The molecule has 0 amide bonds. The van der Waals surface area contributed by atoms with Crippen LogP contribution in [-0.2, 0) is 4.79 Å². The molecule has 2 heterocycles. The summed E-state index contributed by atoms with van der Waals surface area (Å²) in [6.07, 6.45) is 3.88. The predicted molar refractivity (Wildman–Crippen MR) is 128 cm³/mol. The third-order valence-electron chi connectivity index (χ3n) is 7.34. The second kappa shape index (κ2) is 7.00. The quantitative estimate of drug-likeness (QED) is 0.490. The summed E-state index contributed by atoms with van der Waals surface area (Å²) < 4.78 is 0. The molecule has 1 spiro atoms. The number of benzene rings is 3. The Kier molecular flexibility index (Phi) is 4.27. The molecule has 2 aliphatic heterocycles.